The van der Waals surface area contributed by atoms with Gasteiger partial charge in [0.15, 0.2) is 6.61 Å². The second-order valence-electron chi connectivity index (χ2n) is 6.61. The number of methoxy groups -OCH3 is 1. The van der Waals surface area contributed by atoms with Crippen LogP contribution in [0.5, 0.6) is 11.5 Å². The molecular formula is C21H26N2O3. The van der Waals surface area contributed by atoms with Gasteiger partial charge in [0.2, 0.25) is 0 Å². The van der Waals surface area contributed by atoms with Crippen LogP contribution in [0.25, 0.3) is 0 Å². The molecule has 138 valence electrons. The highest BCUT2D eigenvalue weighted by Gasteiger charge is 2.21. The Morgan fingerprint density at radius 3 is 2.15 bits per heavy atom. The number of hydrogen-bond acceptors (Lipinski definition) is 4. The van der Waals surface area contributed by atoms with Gasteiger partial charge >= 0.3 is 0 Å². The lowest BCUT2D eigenvalue weighted by Gasteiger charge is -2.34. The quantitative estimate of drug-likeness (QED) is 0.800. The molecule has 1 heterocycles. The van der Waals surface area contributed by atoms with Gasteiger partial charge in [-0.05, 0) is 36.8 Å². The maximum Gasteiger partial charge on any atom is 0.260 e. The fourth-order valence-electron chi connectivity index (χ4n) is 3.02. The van der Waals surface area contributed by atoms with Crippen LogP contribution in [-0.2, 0) is 11.3 Å². The van der Waals surface area contributed by atoms with Crippen LogP contribution < -0.4 is 9.47 Å². The Morgan fingerprint density at radius 2 is 1.54 bits per heavy atom. The van der Waals surface area contributed by atoms with Crippen LogP contribution in [0, 0.1) is 6.92 Å². The van der Waals surface area contributed by atoms with Gasteiger partial charge in [-0.1, -0.05) is 29.8 Å². The summed E-state index contributed by atoms with van der Waals surface area (Å²) in [7, 11) is 1.67. The minimum absolute atomic E-state index is 0.0506. The second kappa shape index (κ2) is 8.72. The van der Waals surface area contributed by atoms with Crippen molar-refractivity contribution >= 4 is 5.91 Å². The first-order valence-corrected chi connectivity index (χ1v) is 8.96. The molecule has 0 atom stereocenters. The van der Waals surface area contributed by atoms with E-state index < -0.39 is 0 Å². The molecule has 0 bridgehead atoms. The summed E-state index contributed by atoms with van der Waals surface area (Å²) in [6.45, 7) is 6.26. The van der Waals surface area contributed by atoms with E-state index in [2.05, 4.69) is 17.0 Å². The standard InChI is InChI=1S/C21H26N2O3/c1-17-3-7-20(8-4-17)26-16-21(24)23-13-11-22(12-14-23)15-18-5-9-19(25-2)10-6-18/h3-10H,11-16H2,1-2H3. The molecule has 0 unspecified atom stereocenters. The number of benzene rings is 2. The topological polar surface area (TPSA) is 42.0 Å². The maximum absolute atomic E-state index is 12.3. The fourth-order valence-corrected chi connectivity index (χ4v) is 3.02. The molecule has 1 aliphatic rings. The normalized spacial score (nSPS) is 14.9. The predicted molar refractivity (Wildman–Crippen MR) is 102 cm³/mol. The third-order valence-electron chi connectivity index (χ3n) is 4.67. The van der Waals surface area contributed by atoms with Gasteiger partial charge in [0.05, 0.1) is 7.11 Å². The van der Waals surface area contributed by atoms with Crippen LogP contribution in [0.2, 0.25) is 0 Å². The Bertz CT molecular complexity index is 705. The summed E-state index contributed by atoms with van der Waals surface area (Å²) >= 11 is 0. The number of aryl methyl sites for hydroxylation is 1. The van der Waals surface area contributed by atoms with E-state index in [0.717, 1.165) is 44.2 Å². The molecule has 5 heteroatoms. The molecule has 1 aliphatic heterocycles. The summed E-state index contributed by atoms with van der Waals surface area (Å²) in [5.74, 6) is 1.66. The average molecular weight is 354 g/mol. The van der Waals surface area contributed by atoms with Crippen molar-refractivity contribution in [2.75, 3.05) is 39.9 Å². The summed E-state index contributed by atoms with van der Waals surface area (Å²) in [5, 5.41) is 0. The first kappa shape index (κ1) is 18.3. The van der Waals surface area contributed by atoms with Crippen molar-refractivity contribution in [2.24, 2.45) is 0 Å². The van der Waals surface area contributed by atoms with Crippen molar-refractivity contribution in [1.82, 2.24) is 9.80 Å². The van der Waals surface area contributed by atoms with Crippen molar-refractivity contribution in [1.29, 1.82) is 0 Å². The first-order valence-electron chi connectivity index (χ1n) is 8.96. The number of amides is 1. The van der Waals surface area contributed by atoms with E-state index >= 15 is 0 Å². The zero-order valence-corrected chi connectivity index (χ0v) is 15.5. The molecule has 0 aromatic heterocycles. The van der Waals surface area contributed by atoms with Gasteiger partial charge in [0, 0.05) is 32.7 Å². The van der Waals surface area contributed by atoms with E-state index in [4.69, 9.17) is 9.47 Å². The Labute approximate surface area is 155 Å². The lowest BCUT2D eigenvalue weighted by atomic mass is 10.2. The molecule has 5 nitrogen and oxygen atoms in total. The van der Waals surface area contributed by atoms with Crippen LogP contribution in [0.15, 0.2) is 48.5 Å². The van der Waals surface area contributed by atoms with E-state index in [1.807, 2.05) is 48.2 Å². The van der Waals surface area contributed by atoms with Crippen LogP contribution in [0.3, 0.4) is 0 Å². The van der Waals surface area contributed by atoms with E-state index in [1.165, 1.54) is 11.1 Å². The molecule has 2 aromatic rings. The summed E-state index contributed by atoms with van der Waals surface area (Å²) in [5.41, 5.74) is 2.44. The summed E-state index contributed by atoms with van der Waals surface area (Å²) in [6, 6.07) is 15.9. The van der Waals surface area contributed by atoms with Gasteiger partial charge in [-0.2, -0.15) is 0 Å². The molecule has 3 rings (SSSR count). The molecule has 0 spiro atoms. The van der Waals surface area contributed by atoms with Crippen LogP contribution in [0.1, 0.15) is 11.1 Å². The molecule has 1 saturated heterocycles. The molecule has 26 heavy (non-hydrogen) atoms. The summed E-state index contributed by atoms with van der Waals surface area (Å²) < 4.78 is 10.8. The number of carbonyl (C=O) groups is 1. The average Bonchev–Trinajstić information content (AvgIpc) is 2.68. The summed E-state index contributed by atoms with van der Waals surface area (Å²) in [4.78, 5) is 16.6. The molecule has 0 saturated carbocycles. The maximum atomic E-state index is 12.3. The van der Waals surface area contributed by atoms with Crippen molar-refractivity contribution in [2.45, 2.75) is 13.5 Å². The summed E-state index contributed by atoms with van der Waals surface area (Å²) in [6.07, 6.45) is 0. The minimum atomic E-state index is 0.0506. The SMILES string of the molecule is COc1ccc(CN2CCN(C(=O)COc3ccc(C)cc3)CC2)cc1. The highest BCUT2D eigenvalue weighted by molar-refractivity contribution is 5.77. The van der Waals surface area contributed by atoms with E-state index in [0.29, 0.717) is 0 Å². The van der Waals surface area contributed by atoms with Crippen molar-refractivity contribution in [3.63, 3.8) is 0 Å². The molecule has 1 amide bonds. The third kappa shape index (κ3) is 4.99. The van der Waals surface area contributed by atoms with Crippen molar-refractivity contribution < 1.29 is 14.3 Å². The van der Waals surface area contributed by atoms with E-state index in [9.17, 15) is 4.79 Å². The zero-order valence-electron chi connectivity index (χ0n) is 15.5. The third-order valence-corrected chi connectivity index (χ3v) is 4.67. The van der Waals surface area contributed by atoms with Gasteiger partial charge in [0.1, 0.15) is 11.5 Å². The van der Waals surface area contributed by atoms with Gasteiger partial charge in [-0.15, -0.1) is 0 Å². The lowest BCUT2D eigenvalue weighted by Crippen LogP contribution is -2.49. The first-order chi connectivity index (χ1) is 12.6. The number of rotatable bonds is 6. The van der Waals surface area contributed by atoms with Crippen LogP contribution in [-0.4, -0.2) is 55.6 Å². The highest BCUT2D eigenvalue weighted by atomic mass is 16.5. The lowest BCUT2D eigenvalue weighted by molar-refractivity contribution is -0.135. The van der Waals surface area contributed by atoms with E-state index in [-0.39, 0.29) is 12.5 Å². The molecule has 0 N–H and O–H groups in total. The minimum Gasteiger partial charge on any atom is -0.497 e. The smallest absolute Gasteiger partial charge is 0.260 e. The van der Waals surface area contributed by atoms with Gasteiger partial charge in [-0.3, -0.25) is 9.69 Å². The number of hydrogen-bond donors (Lipinski definition) is 0. The Hall–Kier alpha value is -2.53. The molecular weight excluding hydrogens is 328 g/mol. The van der Waals surface area contributed by atoms with Crippen LogP contribution in [0.4, 0.5) is 0 Å². The van der Waals surface area contributed by atoms with Crippen LogP contribution >= 0.6 is 0 Å². The molecule has 0 aliphatic carbocycles. The van der Waals surface area contributed by atoms with Gasteiger partial charge in [0.25, 0.3) is 5.91 Å². The molecule has 2 aromatic carbocycles. The van der Waals surface area contributed by atoms with E-state index in [1.54, 1.807) is 7.11 Å². The highest BCUT2D eigenvalue weighted by Crippen LogP contribution is 2.15. The number of nitrogens with zero attached hydrogens (tertiary/aromatic N) is 2. The van der Waals surface area contributed by atoms with Gasteiger partial charge < -0.3 is 14.4 Å². The Balaban J connectivity index is 1.42. The largest absolute Gasteiger partial charge is 0.497 e. The fraction of sp³-hybridized carbons (Fsp3) is 0.381. The molecule has 0 radical (unpaired) electrons. The number of carbonyl (C=O) groups excluding carboxylic acids is 1. The predicted octanol–water partition coefficient (Wildman–Crippen LogP) is 2.73. The number of piperazine rings is 1. The second-order valence-corrected chi connectivity index (χ2v) is 6.61. The Kier molecular flexibility index (Phi) is 6.12. The zero-order chi connectivity index (χ0) is 18.4. The van der Waals surface area contributed by atoms with Crippen molar-refractivity contribution in [3.05, 3.63) is 59.7 Å². The van der Waals surface area contributed by atoms with Gasteiger partial charge in [-0.25, -0.2) is 0 Å². The van der Waals surface area contributed by atoms with Crippen molar-refractivity contribution in [3.8, 4) is 11.5 Å². The number of ether oxygens (including phenoxy) is 2. The molecule has 1 fully saturated rings. The monoisotopic (exact) mass is 354 g/mol. The Morgan fingerprint density at radius 1 is 0.923 bits per heavy atom.